The van der Waals surface area contributed by atoms with Gasteiger partial charge in [-0.15, -0.1) is 0 Å². The van der Waals surface area contributed by atoms with E-state index in [-0.39, 0.29) is 18.4 Å². The fraction of sp³-hybridized carbons (Fsp3) is 0.524. The molecule has 138 valence electrons. The minimum absolute atomic E-state index is 0.0566. The third kappa shape index (κ3) is 2.44. The average molecular weight is 353 g/mol. The van der Waals surface area contributed by atoms with Crippen LogP contribution in [0, 0.1) is 0 Å². The number of nitrogens with zero attached hydrogens (tertiary/aromatic N) is 2. The first kappa shape index (κ1) is 17.1. The Morgan fingerprint density at radius 1 is 1.15 bits per heavy atom. The van der Waals surface area contributed by atoms with E-state index >= 15 is 0 Å². The standard InChI is InChI=1S/C21H27N3O2/c1-3-4-5-8-12-23-14-18(25)24-13-11-16-15-9-6-7-10-17(15)22-19(16)21(24,2)20(23)26/h6-7,9-10,22H,3-5,8,11-14H2,1-2H3. The van der Waals surface area contributed by atoms with Gasteiger partial charge in [0.1, 0.15) is 0 Å². The lowest BCUT2D eigenvalue weighted by molar-refractivity contribution is -0.166. The number of nitrogens with one attached hydrogen (secondary N) is 1. The Balaban J connectivity index is 1.71. The number of benzene rings is 1. The van der Waals surface area contributed by atoms with Crippen LogP contribution in [-0.2, 0) is 21.5 Å². The molecule has 1 atom stereocenters. The highest BCUT2D eigenvalue weighted by molar-refractivity contribution is 6.00. The van der Waals surface area contributed by atoms with Gasteiger partial charge < -0.3 is 14.8 Å². The summed E-state index contributed by atoms with van der Waals surface area (Å²) < 4.78 is 0. The van der Waals surface area contributed by atoms with Crippen molar-refractivity contribution >= 4 is 22.7 Å². The maximum Gasteiger partial charge on any atom is 0.254 e. The van der Waals surface area contributed by atoms with Gasteiger partial charge in [0.05, 0.1) is 12.2 Å². The molecule has 2 amide bonds. The quantitative estimate of drug-likeness (QED) is 0.839. The van der Waals surface area contributed by atoms with E-state index in [1.165, 1.54) is 17.4 Å². The minimum atomic E-state index is -0.910. The molecule has 1 unspecified atom stereocenters. The monoisotopic (exact) mass is 353 g/mol. The molecule has 1 aromatic carbocycles. The second-order valence-electron chi connectivity index (χ2n) is 7.68. The normalized spacial score (nSPS) is 22.7. The summed E-state index contributed by atoms with van der Waals surface area (Å²) >= 11 is 0. The first-order valence-electron chi connectivity index (χ1n) is 9.77. The molecule has 2 aliphatic rings. The van der Waals surface area contributed by atoms with E-state index in [1.807, 2.05) is 25.1 Å². The molecule has 0 saturated carbocycles. The number of H-pyrrole nitrogens is 1. The zero-order valence-electron chi connectivity index (χ0n) is 15.7. The Bertz CT molecular complexity index is 856. The minimum Gasteiger partial charge on any atom is -0.356 e. The van der Waals surface area contributed by atoms with Crippen molar-refractivity contribution in [1.29, 1.82) is 0 Å². The van der Waals surface area contributed by atoms with Crippen LogP contribution in [0.2, 0.25) is 0 Å². The predicted octanol–water partition coefficient (Wildman–Crippen LogP) is 3.19. The van der Waals surface area contributed by atoms with Crippen LogP contribution >= 0.6 is 0 Å². The van der Waals surface area contributed by atoms with Crippen LogP contribution in [0.1, 0.15) is 50.8 Å². The lowest BCUT2D eigenvalue weighted by Gasteiger charge is -2.49. The fourth-order valence-corrected chi connectivity index (χ4v) is 4.59. The van der Waals surface area contributed by atoms with E-state index in [1.54, 1.807) is 9.80 Å². The highest BCUT2D eigenvalue weighted by Crippen LogP contribution is 2.41. The largest absolute Gasteiger partial charge is 0.356 e. The lowest BCUT2D eigenvalue weighted by atomic mass is 9.83. The third-order valence-corrected chi connectivity index (χ3v) is 6.04. The Kier molecular flexibility index (Phi) is 4.25. The number of hydrogen-bond donors (Lipinski definition) is 1. The molecule has 3 heterocycles. The van der Waals surface area contributed by atoms with Crippen LogP contribution in [0.5, 0.6) is 0 Å². The number of aromatic amines is 1. The van der Waals surface area contributed by atoms with Crippen molar-refractivity contribution in [3.05, 3.63) is 35.5 Å². The van der Waals surface area contributed by atoms with Crippen molar-refractivity contribution in [3.63, 3.8) is 0 Å². The van der Waals surface area contributed by atoms with Gasteiger partial charge in [0.15, 0.2) is 5.54 Å². The molecule has 5 heteroatoms. The maximum atomic E-state index is 13.4. The Labute approximate surface area is 154 Å². The number of carbonyl (C=O) groups is 2. The molecular weight excluding hydrogens is 326 g/mol. The third-order valence-electron chi connectivity index (χ3n) is 6.04. The highest BCUT2D eigenvalue weighted by atomic mass is 16.2. The van der Waals surface area contributed by atoms with Gasteiger partial charge in [0, 0.05) is 24.0 Å². The van der Waals surface area contributed by atoms with Crippen LogP contribution in [-0.4, -0.2) is 46.2 Å². The summed E-state index contributed by atoms with van der Waals surface area (Å²) in [7, 11) is 0. The molecule has 4 rings (SSSR count). The maximum absolute atomic E-state index is 13.4. The summed E-state index contributed by atoms with van der Waals surface area (Å²) in [6.07, 6.45) is 5.20. The first-order chi connectivity index (χ1) is 12.6. The van der Waals surface area contributed by atoms with Crippen LogP contribution in [0.25, 0.3) is 10.9 Å². The number of hydrogen-bond acceptors (Lipinski definition) is 2. The summed E-state index contributed by atoms with van der Waals surface area (Å²) in [5, 5.41) is 1.17. The van der Waals surface area contributed by atoms with Crippen molar-refractivity contribution in [2.24, 2.45) is 0 Å². The van der Waals surface area contributed by atoms with Crippen LogP contribution in [0.4, 0.5) is 0 Å². The molecule has 26 heavy (non-hydrogen) atoms. The number of rotatable bonds is 5. The van der Waals surface area contributed by atoms with Gasteiger partial charge in [-0.25, -0.2) is 0 Å². The van der Waals surface area contributed by atoms with E-state index in [0.29, 0.717) is 13.1 Å². The van der Waals surface area contributed by atoms with Gasteiger partial charge in [0.2, 0.25) is 5.91 Å². The average Bonchev–Trinajstić information content (AvgIpc) is 3.03. The van der Waals surface area contributed by atoms with Crippen molar-refractivity contribution < 1.29 is 9.59 Å². The van der Waals surface area contributed by atoms with Gasteiger partial charge in [0.25, 0.3) is 5.91 Å². The SMILES string of the molecule is CCCCCCN1CC(=O)N2CCc3c([nH]c4ccccc34)C2(C)C1=O. The number of carbonyl (C=O) groups excluding carboxylic acids is 2. The smallest absolute Gasteiger partial charge is 0.254 e. The van der Waals surface area contributed by atoms with E-state index < -0.39 is 5.54 Å². The zero-order chi connectivity index (χ0) is 18.3. The molecule has 1 N–H and O–H groups in total. The van der Waals surface area contributed by atoms with Crippen molar-refractivity contribution in [2.45, 2.75) is 51.5 Å². The summed E-state index contributed by atoms with van der Waals surface area (Å²) in [6, 6.07) is 8.16. The van der Waals surface area contributed by atoms with Crippen LogP contribution in [0.15, 0.2) is 24.3 Å². The predicted molar refractivity (Wildman–Crippen MR) is 102 cm³/mol. The molecule has 0 radical (unpaired) electrons. The van der Waals surface area contributed by atoms with Crippen molar-refractivity contribution in [3.8, 4) is 0 Å². The summed E-state index contributed by atoms with van der Waals surface area (Å²) in [5.74, 6) is 0.119. The number of aromatic nitrogens is 1. The Morgan fingerprint density at radius 2 is 1.96 bits per heavy atom. The molecule has 2 aromatic rings. The number of fused-ring (bicyclic) bond motifs is 5. The molecule has 0 bridgehead atoms. The van der Waals surface area contributed by atoms with Crippen LogP contribution in [0.3, 0.4) is 0 Å². The molecule has 1 aromatic heterocycles. The second-order valence-corrected chi connectivity index (χ2v) is 7.68. The number of unbranched alkanes of at least 4 members (excludes halogenated alkanes) is 3. The van der Waals surface area contributed by atoms with Crippen LogP contribution < -0.4 is 0 Å². The summed E-state index contributed by atoms with van der Waals surface area (Å²) in [6.45, 7) is 5.59. The van der Waals surface area contributed by atoms with Crippen molar-refractivity contribution in [1.82, 2.24) is 14.8 Å². The van der Waals surface area contributed by atoms with E-state index in [9.17, 15) is 9.59 Å². The number of piperazine rings is 1. The molecule has 2 aliphatic heterocycles. The summed E-state index contributed by atoms with van der Waals surface area (Å²) in [5.41, 5.74) is 2.22. The first-order valence-corrected chi connectivity index (χ1v) is 9.77. The van der Waals surface area contributed by atoms with E-state index in [4.69, 9.17) is 0 Å². The lowest BCUT2D eigenvalue weighted by Crippen LogP contribution is -2.67. The van der Waals surface area contributed by atoms with Crippen molar-refractivity contribution in [2.75, 3.05) is 19.6 Å². The number of amides is 2. The summed E-state index contributed by atoms with van der Waals surface area (Å²) in [4.78, 5) is 33.3. The van der Waals surface area contributed by atoms with Gasteiger partial charge in [-0.05, 0) is 31.4 Å². The number of para-hydroxylation sites is 1. The molecule has 1 fully saturated rings. The van der Waals surface area contributed by atoms with Gasteiger partial charge >= 0.3 is 0 Å². The van der Waals surface area contributed by atoms with Gasteiger partial charge in [-0.1, -0.05) is 44.4 Å². The highest BCUT2D eigenvalue weighted by Gasteiger charge is 2.53. The fourth-order valence-electron chi connectivity index (χ4n) is 4.59. The van der Waals surface area contributed by atoms with E-state index in [2.05, 4.69) is 18.0 Å². The topological polar surface area (TPSA) is 56.4 Å². The molecule has 0 aliphatic carbocycles. The van der Waals surface area contributed by atoms with Gasteiger partial charge in [-0.2, -0.15) is 0 Å². The zero-order valence-corrected chi connectivity index (χ0v) is 15.7. The molecule has 5 nitrogen and oxygen atoms in total. The second kappa shape index (κ2) is 6.45. The van der Waals surface area contributed by atoms with E-state index in [0.717, 1.165) is 36.9 Å². The Morgan fingerprint density at radius 3 is 2.77 bits per heavy atom. The molecular formula is C21H27N3O2. The molecule has 0 spiro atoms. The Hall–Kier alpha value is -2.30. The van der Waals surface area contributed by atoms with Gasteiger partial charge in [-0.3, -0.25) is 9.59 Å². The molecule has 1 saturated heterocycles.